The van der Waals surface area contributed by atoms with Gasteiger partial charge in [0.2, 0.25) is 0 Å². The number of hydrogen-bond donors (Lipinski definition) is 2. The highest BCUT2D eigenvalue weighted by Gasteiger charge is 2.20. The standard InChI is InChI=1S/C23H29N3O3/c1-23(2,3)29-22(27)25-14-18-9-10-19-11-12-26(15-20(19)13-18)21(24)28-16-17-7-5-4-6-8-17/h4-10,13,24H,11-12,14-16H2,1-3H3,(H,25,27). The van der Waals surface area contributed by atoms with E-state index >= 15 is 0 Å². The lowest BCUT2D eigenvalue weighted by atomic mass is 9.97. The number of nitrogens with zero attached hydrogens (tertiary/aromatic N) is 1. The van der Waals surface area contributed by atoms with Gasteiger partial charge in [0.25, 0.3) is 6.02 Å². The van der Waals surface area contributed by atoms with E-state index in [0.29, 0.717) is 19.7 Å². The van der Waals surface area contributed by atoms with Gasteiger partial charge in [0.15, 0.2) is 0 Å². The van der Waals surface area contributed by atoms with Gasteiger partial charge in [-0.1, -0.05) is 48.5 Å². The number of hydrogen-bond acceptors (Lipinski definition) is 4. The number of alkyl carbamates (subject to hydrolysis) is 1. The van der Waals surface area contributed by atoms with E-state index in [0.717, 1.165) is 29.7 Å². The number of rotatable bonds is 4. The molecule has 3 rings (SSSR count). The second-order valence-corrected chi connectivity index (χ2v) is 8.21. The normalized spacial score (nSPS) is 13.4. The van der Waals surface area contributed by atoms with Gasteiger partial charge in [-0.25, -0.2) is 4.79 Å². The Hall–Kier alpha value is -3.02. The average molecular weight is 396 g/mol. The molecule has 0 unspecified atom stereocenters. The van der Waals surface area contributed by atoms with Crippen molar-refractivity contribution >= 4 is 12.1 Å². The lowest BCUT2D eigenvalue weighted by Crippen LogP contribution is -2.37. The van der Waals surface area contributed by atoms with Crippen LogP contribution in [0.15, 0.2) is 48.5 Å². The molecule has 154 valence electrons. The second-order valence-electron chi connectivity index (χ2n) is 8.21. The van der Waals surface area contributed by atoms with Gasteiger partial charge in [-0.2, -0.15) is 0 Å². The van der Waals surface area contributed by atoms with Crippen LogP contribution in [-0.4, -0.2) is 29.2 Å². The minimum atomic E-state index is -0.513. The van der Waals surface area contributed by atoms with Gasteiger partial charge in [-0.15, -0.1) is 0 Å². The Balaban J connectivity index is 1.55. The second kappa shape index (κ2) is 8.99. The maximum absolute atomic E-state index is 11.9. The van der Waals surface area contributed by atoms with Gasteiger partial charge in [0.1, 0.15) is 12.2 Å². The number of nitrogens with one attached hydrogen (secondary N) is 2. The van der Waals surface area contributed by atoms with Crippen LogP contribution >= 0.6 is 0 Å². The average Bonchev–Trinajstić information content (AvgIpc) is 2.69. The first-order valence-corrected chi connectivity index (χ1v) is 9.88. The summed E-state index contributed by atoms with van der Waals surface area (Å²) in [6, 6.07) is 16.3. The van der Waals surface area contributed by atoms with Crippen molar-refractivity contribution in [1.29, 1.82) is 5.41 Å². The first kappa shape index (κ1) is 20.7. The summed E-state index contributed by atoms with van der Waals surface area (Å²) in [6.45, 7) is 7.71. The molecule has 1 amide bonds. The molecule has 0 radical (unpaired) electrons. The van der Waals surface area contributed by atoms with Gasteiger partial charge in [0.05, 0.1) is 0 Å². The van der Waals surface area contributed by atoms with Crippen molar-refractivity contribution in [3.63, 3.8) is 0 Å². The molecule has 0 saturated carbocycles. The molecule has 0 fully saturated rings. The molecule has 2 aromatic carbocycles. The van der Waals surface area contributed by atoms with Crippen molar-refractivity contribution in [3.8, 4) is 0 Å². The molecule has 6 heteroatoms. The summed E-state index contributed by atoms with van der Waals surface area (Å²) in [5.41, 5.74) is 3.98. The van der Waals surface area contributed by atoms with Crippen molar-refractivity contribution in [1.82, 2.24) is 10.2 Å². The van der Waals surface area contributed by atoms with Crippen LogP contribution in [0.5, 0.6) is 0 Å². The summed E-state index contributed by atoms with van der Waals surface area (Å²) >= 11 is 0. The Morgan fingerprint density at radius 1 is 1.10 bits per heavy atom. The lowest BCUT2D eigenvalue weighted by Gasteiger charge is -2.30. The predicted molar refractivity (Wildman–Crippen MR) is 113 cm³/mol. The number of benzene rings is 2. The molecular formula is C23H29N3O3. The van der Waals surface area contributed by atoms with Crippen LogP contribution in [0.2, 0.25) is 0 Å². The van der Waals surface area contributed by atoms with E-state index in [-0.39, 0.29) is 6.02 Å². The molecule has 0 bridgehead atoms. The molecule has 1 heterocycles. The number of carbonyl (C=O) groups is 1. The number of amides is 1. The molecular weight excluding hydrogens is 366 g/mol. The van der Waals surface area contributed by atoms with Crippen LogP contribution in [0.1, 0.15) is 43.0 Å². The molecule has 6 nitrogen and oxygen atoms in total. The highest BCUT2D eigenvalue weighted by molar-refractivity contribution is 5.71. The lowest BCUT2D eigenvalue weighted by molar-refractivity contribution is 0.0523. The highest BCUT2D eigenvalue weighted by atomic mass is 16.6. The van der Waals surface area contributed by atoms with Gasteiger partial charge in [-0.3, -0.25) is 5.41 Å². The van der Waals surface area contributed by atoms with Crippen molar-refractivity contribution in [2.45, 2.75) is 52.5 Å². The van der Waals surface area contributed by atoms with Crippen molar-refractivity contribution < 1.29 is 14.3 Å². The minimum absolute atomic E-state index is 0.191. The molecule has 2 N–H and O–H groups in total. The smallest absolute Gasteiger partial charge is 0.407 e. The fourth-order valence-corrected chi connectivity index (χ4v) is 3.20. The van der Waals surface area contributed by atoms with E-state index in [1.807, 2.05) is 62.1 Å². The molecule has 1 aliphatic rings. The number of fused-ring (bicyclic) bond motifs is 1. The maximum atomic E-state index is 11.9. The Morgan fingerprint density at radius 3 is 2.59 bits per heavy atom. The zero-order valence-electron chi connectivity index (χ0n) is 17.3. The number of amidine groups is 1. The molecule has 0 saturated heterocycles. The quantitative estimate of drug-likeness (QED) is 0.600. The van der Waals surface area contributed by atoms with Crippen molar-refractivity contribution in [2.24, 2.45) is 0 Å². The van der Waals surface area contributed by atoms with Gasteiger partial charge in [-0.05, 0) is 49.4 Å². The van der Waals surface area contributed by atoms with E-state index in [1.54, 1.807) is 0 Å². The van der Waals surface area contributed by atoms with Gasteiger partial charge in [0, 0.05) is 19.6 Å². The van der Waals surface area contributed by atoms with E-state index in [9.17, 15) is 4.79 Å². The number of carbonyl (C=O) groups excluding carboxylic acids is 1. The Bertz CT molecular complexity index is 859. The first-order valence-electron chi connectivity index (χ1n) is 9.88. The van der Waals surface area contributed by atoms with E-state index in [1.165, 1.54) is 5.56 Å². The predicted octanol–water partition coefficient (Wildman–Crippen LogP) is 4.22. The molecule has 0 atom stereocenters. The molecule has 0 spiro atoms. The summed E-state index contributed by atoms with van der Waals surface area (Å²) in [5.74, 6) is 0. The molecule has 1 aliphatic heterocycles. The SMILES string of the molecule is CC(C)(C)OC(=O)NCc1ccc2c(c1)CN(C(=N)OCc1ccccc1)CC2. The molecule has 29 heavy (non-hydrogen) atoms. The molecule has 2 aromatic rings. The first-order chi connectivity index (χ1) is 13.8. The van der Waals surface area contributed by atoms with Crippen LogP contribution in [0.25, 0.3) is 0 Å². The zero-order valence-corrected chi connectivity index (χ0v) is 17.3. The topological polar surface area (TPSA) is 74.7 Å². The highest BCUT2D eigenvalue weighted by Crippen LogP contribution is 2.21. The maximum Gasteiger partial charge on any atom is 0.407 e. The third kappa shape index (κ3) is 6.24. The summed E-state index contributed by atoms with van der Waals surface area (Å²) in [4.78, 5) is 13.8. The van der Waals surface area contributed by atoms with Crippen LogP contribution in [0.4, 0.5) is 4.79 Å². The van der Waals surface area contributed by atoms with Crippen LogP contribution in [-0.2, 0) is 35.6 Å². The van der Waals surface area contributed by atoms with Crippen LogP contribution in [0.3, 0.4) is 0 Å². The third-order valence-electron chi connectivity index (χ3n) is 4.62. The monoisotopic (exact) mass is 395 g/mol. The molecule has 0 aromatic heterocycles. The fourth-order valence-electron chi connectivity index (χ4n) is 3.20. The van der Waals surface area contributed by atoms with Gasteiger partial charge >= 0.3 is 6.09 Å². The largest absolute Gasteiger partial charge is 0.460 e. The zero-order chi connectivity index (χ0) is 20.9. The Labute approximate surface area is 172 Å². The third-order valence-corrected chi connectivity index (χ3v) is 4.62. The van der Waals surface area contributed by atoms with Crippen LogP contribution in [0, 0.1) is 5.41 Å². The van der Waals surface area contributed by atoms with Gasteiger partial charge < -0.3 is 19.7 Å². The van der Waals surface area contributed by atoms with Crippen molar-refractivity contribution in [2.75, 3.05) is 6.54 Å². The van der Waals surface area contributed by atoms with E-state index in [2.05, 4.69) is 17.4 Å². The van der Waals surface area contributed by atoms with Crippen LogP contribution < -0.4 is 5.32 Å². The van der Waals surface area contributed by atoms with E-state index in [4.69, 9.17) is 14.9 Å². The minimum Gasteiger partial charge on any atom is -0.460 e. The Kier molecular flexibility index (Phi) is 6.42. The Morgan fingerprint density at radius 2 is 1.86 bits per heavy atom. The summed E-state index contributed by atoms with van der Waals surface area (Å²) in [7, 11) is 0. The summed E-state index contributed by atoms with van der Waals surface area (Å²) < 4.78 is 11.0. The molecule has 0 aliphatic carbocycles. The summed E-state index contributed by atoms with van der Waals surface area (Å²) in [5, 5.41) is 11.1. The number of ether oxygens (including phenoxy) is 2. The van der Waals surface area contributed by atoms with E-state index < -0.39 is 11.7 Å². The summed E-state index contributed by atoms with van der Waals surface area (Å²) in [6.07, 6.45) is 0.444. The fraction of sp³-hybridized carbons (Fsp3) is 0.391. The van der Waals surface area contributed by atoms with Crippen molar-refractivity contribution in [3.05, 3.63) is 70.8 Å².